The number of hydrogen-bond donors (Lipinski definition) is 1. The van der Waals surface area contributed by atoms with Crippen molar-refractivity contribution in [1.29, 1.82) is 0 Å². The number of benzene rings is 1. The van der Waals surface area contributed by atoms with Gasteiger partial charge in [-0.3, -0.25) is 9.59 Å². The van der Waals surface area contributed by atoms with Crippen LogP contribution in [0.2, 0.25) is 5.02 Å². The van der Waals surface area contributed by atoms with Gasteiger partial charge in [0.25, 0.3) is 5.91 Å². The minimum Gasteiger partial charge on any atom is -0.426 e. The predicted molar refractivity (Wildman–Crippen MR) is 82.2 cm³/mol. The lowest BCUT2D eigenvalue weighted by molar-refractivity contribution is -0.131. The molecule has 1 aromatic carbocycles. The summed E-state index contributed by atoms with van der Waals surface area (Å²) in [5.74, 6) is -0.352. The first-order chi connectivity index (χ1) is 9.56. The van der Waals surface area contributed by atoms with Crippen LogP contribution >= 0.6 is 24.0 Å². The number of amides is 1. The van der Waals surface area contributed by atoms with Crippen molar-refractivity contribution in [2.24, 2.45) is 0 Å². The number of para-hydroxylation sites is 1. The number of carbonyl (C=O) groups is 2. The molecular weight excluding hydrogens is 315 g/mol. The van der Waals surface area contributed by atoms with Crippen molar-refractivity contribution in [2.75, 3.05) is 5.32 Å². The number of aromatic nitrogens is 1. The van der Waals surface area contributed by atoms with Gasteiger partial charge in [-0.05, 0) is 24.3 Å². The Kier molecular flexibility index (Phi) is 6.14. The van der Waals surface area contributed by atoms with E-state index in [9.17, 15) is 9.59 Å². The van der Waals surface area contributed by atoms with Crippen LogP contribution in [0.4, 0.5) is 5.82 Å². The van der Waals surface area contributed by atoms with Crippen LogP contribution in [-0.4, -0.2) is 16.9 Å². The highest BCUT2D eigenvalue weighted by Crippen LogP contribution is 2.19. The summed E-state index contributed by atoms with van der Waals surface area (Å²) in [5.41, 5.74) is 0.249. The van der Waals surface area contributed by atoms with E-state index in [1.165, 1.54) is 13.1 Å². The molecule has 0 unspecified atom stereocenters. The van der Waals surface area contributed by atoms with E-state index in [0.717, 1.165) is 0 Å². The minimum absolute atomic E-state index is 0. The van der Waals surface area contributed by atoms with E-state index in [1.807, 2.05) is 0 Å². The average molecular weight is 327 g/mol. The number of nitrogens with one attached hydrogen (secondary N) is 1. The van der Waals surface area contributed by atoms with Crippen LogP contribution in [0.1, 0.15) is 17.3 Å². The zero-order valence-corrected chi connectivity index (χ0v) is 12.6. The summed E-state index contributed by atoms with van der Waals surface area (Å²) in [5, 5.41) is 3.07. The minimum atomic E-state index is -0.491. The average Bonchev–Trinajstić information content (AvgIpc) is 2.41. The number of halogens is 2. The Labute approximate surface area is 132 Å². The van der Waals surface area contributed by atoms with Gasteiger partial charge in [0.2, 0.25) is 0 Å². The molecule has 1 amide bonds. The third-order valence-electron chi connectivity index (χ3n) is 2.35. The molecular formula is C14H12Cl2N2O3. The molecule has 7 heteroatoms. The smallest absolute Gasteiger partial charge is 0.308 e. The SMILES string of the molecule is CC(=O)Oc1ccccc1C(=O)Nc1ccc(Cl)cn1.Cl. The molecule has 0 fully saturated rings. The topological polar surface area (TPSA) is 68.3 Å². The summed E-state index contributed by atoms with van der Waals surface area (Å²) in [6.07, 6.45) is 1.43. The lowest BCUT2D eigenvalue weighted by atomic mass is 10.2. The van der Waals surface area contributed by atoms with E-state index in [0.29, 0.717) is 10.8 Å². The first-order valence-electron chi connectivity index (χ1n) is 5.76. The molecule has 0 aliphatic carbocycles. The molecule has 0 saturated heterocycles. The Balaban J connectivity index is 0.00000220. The molecule has 1 N–H and O–H groups in total. The fraction of sp³-hybridized carbons (Fsp3) is 0.0714. The van der Waals surface area contributed by atoms with Crippen molar-refractivity contribution < 1.29 is 14.3 Å². The van der Waals surface area contributed by atoms with Gasteiger partial charge in [-0.2, -0.15) is 0 Å². The van der Waals surface area contributed by atoms with Crippen LogP contribution < -0.4 is 10.1 Å². The molecule has 21 heavy (non-hydrogen) atoms. The Morgan fingerprint density at radius 1 is 1.19 bits per heavy atom. The summed E-state index contributed by atoms with van der Waals surface area (Å²) < 4.78 is 4.98. The molecule has 0 spiro atoms. The third kappa shape index (κ3) is 4.73. The van der Waals surface area contributed by atoms with Crippen molar-refractivity contribution in [2.45, 2.75) is 6.92 Å². The summed E-state index contributed by atoms with van der Waals surface area (Å²) in [4.78, 5) is 27.1. The van der Waals surface area contributed by atoms with Gasteiger partial charge >= 0.3 is 5.97 Å². The second-order valence-corrected chi connectivity index (χ2v) is 4.34. The number of nitrogens with zero attached hydrogens (tertiary/aromatic N) is 1. The molecule has 0 aliphatic heterocycles. The van der Waals surface area contributed by atoms with Crippen molar-refractivity contribution in [3.05, 3.63) is 53.2 Å². The summed E-state index contributed by atoms with van der Waals surface area (Å²) in [7, 11) is 0. The predicted octanol–water partition coefficient (Wildman–Crippen LogP) is 3.33. The molecule has 0 saturated carbocycles. The Hall–Kier alpha value is -2.11. The van der Waals surface area contributed by atoms with Crippen LogP contribution in [-0.2, 0) is 4.79 Å². The maximum Gasteiger partial charge on any atom is 0.308 e. The molecule has 0 bridgehead atoms. The number of hydrogen-bond acceptors (Lipinski definition) is 4. The molecule has 1 aromatic heterocycles. The van der Waals surface area contributed by atoms with Gasteiger partial charge in [-0.1, -0.05) is 23.7 Å². The van der Waals surface area contributed by atoms with E-state index < -0.39 is 11.9 Å². The monoisotopic (exact) mass is 326 g/mol. The third-order valence-corrected chi connectivity index (χ3v) is 2.58. The van der Waals surface area contributed by atoms with Crippen LogP contribution in [0.15, 0.2) is 42.6 Å². The van der Waals surface area contributed by atoms with Gasteiger partial charge < -0.3 is 10.1 Å². The maximum absolute atomic E-state index is 12.1. The Morgan fingerprint density at radius 2 is 1.90 bits per heavy atom. The normalized spacial score (nSPS) is 9.43. The largest absolute Gasteiger partial charge is 0.426 e. The number of carbonyl (C=O) groups excluding carboxylic acids is 2. The summed E-state index contributed by atoms with van der Waals surface area (Å²) >= 11 is 5.72. The second kappa shape index (κ2) is 7.61. The highest BCUT2D eigenvalue weighted by Gasteiger charge is 2.14. The number of ether oxygens (including phenoxy) is 1. The first kappa shape index (κ1) is 16.9. The van der Waals surface area contributed by atoms with Gasteiger partial charge in [0.05, 0.1) is 10.6 Å². The lowest BCUT2D eigenvalue weighted by Crippen LogP contribution is -2.15. The standard InChI is InChI=1S/C14H11ClN2O3.ClH/c1-9(18)20-12-5-3-2-4-11(12)14(19)17-13-7-6-10(15)8-16-13;/h2-8H,1H3,(H,16,17,19);1H. The van der Waals surface area contributed by atoms with Crippen molar-refractivity contribution in [3.63, 3.8) is 0 Å². The van der Waals surface area contributed by atoms with Crippen molar-refractivity contribution in [3.8, 4) is 5.75 Å². The second-order valence-electron chi connectivity index (χ2n) is 3.91. The zero-order valence-electron chi connectivity index (χ0n) is 11.0. The van der Waals surface area contributed by atoms with Gasteiger partial charge in [0.1, 0.15) is 11.6 Å². The van der Waals surface area contributed by atoms with Crippen molar-refractivity contribution >= 4 is 41.7 Å². The van der Waals surface area contributed by atoms with E-state index in [1.54, 1.807) is 36.4 Å². The number of rotatable bonds is 3. The lowest BCUT2D eigenvalue weighted by Gasteiger charge is -2.09. The Morgan fingerprint density at radius 3 is 2.52 bits per heavy atom. The molecule has 1 heterocycles. The van der Waals surface area contributed by atoms with Crippen LogP contribution in [0, 0.1) is 0 Å². The molecule has 2 aromatic rings. The van der Waals surface area contributed by atoms with Gasteiger partial charge in [-0.15, -0.1) is 12.4 Å². The van der Waals surface area contributed by atoms with Crippen LogP contribution in [0.3, 0.4) is 0 Å². The molecule has 0 atom stereocenters. The number of pyridine rings is 1. The molecule has 110 valence electrons. The molecule has 2 rings (SSSR count). The summed E-state index contributed by atoms with van der Waals surface area (Å²) in [6.45, 7) is 1.27. The highest BCUT2D eigenvalue weighted by atomic mass is 35.5. The maximum atomic E-state index is 12.1. The van der Waals surface area contributed by atoms with Gasteiger partial charge in [-0.25, -0.2) is 4.98 Å². The molecule has 0 radical (unpaired) electrons. The first-order valence-corrected chi connectivity index (χ1v) is 6.14. The van der Waals surface area contributed by atoms with Crippen LogP contribution in [0.5, 0.6) is 5.75 Å². The van der Waals surface area contributed by atoms with Crippen LogP contribution in [0.25, 0.3) is 0 Å². The molecule has 0 aliphatic rings. The number of anilines is 1. The fourth-order valence-corrected chi connectivity index (χ4v) is 1.64. The fourth-order valence-electron chi connectivity index (χ4n) is 1.53. The highest BCUT2D eigenvalue weighted by molar-refractivity contribution is 6.30. The Bertz CT molecular complexity index is 645. The zero-order chi connectivity index (χ0) is 14.5. The molecule has 5 nitrogen and oxygen atoms in total. The number of esters is 1. The van der Waals surface area contributed by atoms with E-state index in [-0.39, 0.29) is 23.7 Å². The quantitative estimate of drug-likeness (QED) is 0.693. The van der Waals surface area contributed by atoms with Gasteiger partial charge in [0, 0.05) is 13.1 Å². The van der Waals surface area contributed by atoms with E-state index in [2.05, 4.69) is 10.3 Å². The van der Waals surface area contributed by atoms with Gasteiger partial charge in [0.15, 0.2) is 0 Å². The van der Waals surface area contributed by atoms with Crippen molar-refractivity contribution in [1.82, 2.24) is 4.98 Å². The van der Waals surface area contributed by atoms with E-state index >= 15 is 0 Å². The summed E-state index contributed by atoms with van der Waals surface area (Å²) in [6, 6.07) is 9.65. The van der Waals surface area contributed by atoms with E-state index in [4.69, 9.17) is 16.3 Å².